The molecule has 2 fully saturated rings. The number of amides is 1. The second kappa shape index (κ2) is 9.80. The van der Waals surface area contributed by atoms with Crippen molar-refractivity contribution in [1.29, 1.82) is 0 Å². The van der Waals surface area contributed by atoms with E-state index in [9.17, 15) is 36.6 Å². The van der Waals surface area contributed by atoms with Gasteiger partial charge in [0.1, 0.15) is 5.82 Å². The highest BCUT2D eigenvalue weighted by atomic mass is 19.4. The number of benzene rings is 2. The molecule has 3 atom stereocenters. The summed E-state index contributed by atoms with van der Waals surface area (Å²) in [6, 6.07) is 9.24. The fraction of sp³-hybridized carbons (Fsp3) is 0.533. The molecule has 2 aliphatic carbocycles. The van der Waals surface area contributed by atoms with E-state index >= 15 is 4.39 Å². The normalized spacial score (nSPS) is 29.8. The Hall–Kier alpha value is -3.04. The van der Waals surface area contributed by atoms with Crippen LogP contribution in [0.4, 0.5) is 26.3 Å². The molecule has 1 N–H and O–H groups in total. The van der Waals surface area contributed by atoms with Crippen molar-refractivity contribution >= 4 is 11.9 Å². The van der Waals surface area contributed by atoms with Crippen LogP contribution in [0.3, 0.4) is 0 Å². The number of hydrogen-bond donors (Lipinski definition) is 1. The molecule has 0 radical (unpaired) electrons. The fourth-order valence-corrected chi connectivity index (χ4v) is 7.03. The lowest BCUT2D eigenvalue weighted by Gasteiger charge is -2.45. The zero-order valence-electron chi connectivity index (χ0n) is 22.0. The van der Waals surface area contributed by atoms with Gasteiger partial charge in [0.2, 0.25) is 5.67 Å². The van der Waals surface area contributed by atoms with Crippen LogP contribution >= 0.6 is 0 Å². The van der Waals surface area contributed by atoms with Gasteiger partial charge in [-0.15, -0.1) is 0 Å². The molecule has 0 aromatic heterocycles. The third kappa shape index (κ3) is 4.67. The quantitative estimate of drug-likeness (QED) is 0.415. The van der Waals surface area contributed by atoms with Gasteiger partial charge in [-0.05, 0) is 92.7 Å². The molecule has 0 spiro atoms. The molecular formula is C30H31F6NO3. The largest absolute Gasteiger partial charge is 0.481 e. The molecule has 3 aliphatic rings. The number of carboxylic acid groups (broad SMARTS) is 1. The molecule has 10 heteroatoms. The van der Waals surface area contributed by atoms with E-state index < -0.39 is 58.1 Å². The van der Waals surface area contributed by atoms with Gasteiger partial charge in [-0.1, -0.05) is 30.3 Å². The zero-order chi connectivity index (χ0) is 29.1. The van der Waals surface area contributed by atoms with Crippen molar-refractivity contribution in [3.63, 3.8) is 0 Å². The lowest BCUT2D eigenvalue weighted by Crippen LogP contribution is -2.55. The van der Waals surface area contributed by atoms with Gasteiger partial charge < -0.3 is 10.0 Å². The maximum absolute atomic E-state index is 16.0. The van der Waals surface area contributed by atoms with E-state index in [0.29, 0.717) is 37.3 Å². The molecule has 0 bridgehead atoms. The van der Waals surface area contributed by atoms with Gasteiger partial charge in [-0.3, -0.25) is 9.59 Å². The summed E-state index contributed by atoms with van der Waals surface area (Å²) in [5.41, 5.74) is -5.04. The van der Waals surface area contributed by atoms with Crippen molar-refractivity contribution in [3.05, 3.63) is 70.5 Å². The highest BCUT2D eigenvalue weighted by Crippen LogP contribution is 2.52. The Bertz CT molecular complexity index is 1300. The SMILES string of the molecule is CC(F)(c1ccc2c(c1)CC[C@H]1N(C(=O)[C@]3(F)CC[C@@H](C(=O)O)CC3)CC[C@@]21Cc1ccc(F)cc1)C(F)(F)F. The molecule has 40 heavy (non-hydrogen) atoms. The summed E-state index contributed by atoms with van der Waals surface area (Å²) in [4.78, 5) is 26.6. The number of rotatable bonds is 5. The van der Waals surface area contributed by atoms with E-state index in [-0.39, 0.29) is 38.6 Å². The third-order valence-electron chi connectivity index (χ3n) is 9.42. The molecule has 2 aromatic rings. The van der Waals surface area contributed by atoms with Crippen LogP contribution in [0.5, 0.6) is 0 Å². The number of aliphatic carboxylic acids is 1. The predicted octanol–water partition coefficient (Wildman–Crippen LogP) is 6.58. The molecular weight excluding hydrogens is 536 g/mol. The minimum absolute atomic E-state index is 0.0591. The van der Waals surface area contributed by atoms with E-state index in [1.807, 2.05) is 0 Å². The number of alkyl halides is 5. The topological polar surface area (TPSA) is 57.6 Å². The third-order valence-corrected chi connectivity index (χ3v) is 9.42. The lowest BCUT2D eigenvalue weighted by atomic mass is 9.63. The first-order valence-corrected chi connectivity index (χ1v) is 13.5. The Morgan fingerprint density at radius 2 is 1.65 bits per heavy atom. The highest BCUT2D eigenvalue weighted by Gasteiger charge is 2.57. The number of likely N-dealkylation sites (tertiary alicyclic amines) is 1. The van der Waals surface area contributed by atoms with Crippen LogP contribution in [-0.2, 0) is 33.5 Å². The summed E-state index contributed by atoms with van der Waals surface area (Å²) < 4.78 is 84.9. The van der Waals surface area contributed by atoms with Gasteiger partial charge in [0, 0.05) is 18.0 Å². The second-order valence-corrected chi connectivity index (χ2v) is 11.7. The van der Waals surface area contributed by atoms with E-state index in [1.165, 1.54) is 29.2 Å². The molecule has 1 unspecified atom stereocenters. The predicted molar refractivity (Wildman–Crippen MR) is 135 cm³/mol. The summed E-state index contributed by atoms with van der Waals surface area (Å²) in [5, 5.41) is 9.28. The summed E-state index contributed by atoms with van der Waals surface area (Å²) in [5.74, 6) is -2.81. The number of carboxylic acids is 1. The van der Waals surface area contributed by atoms with E-state index in [4.69, 9.17) is 0 Å². The molecule has 1 aliphatic heterocycles. The first-order valence-electron chi connectivity index (χ1n) is 13.5. The van der Waals surface area contributed by atoms with E-state index in [1.54, 1.807) is 12.1 Å². The summed E-state index contributed by atoms with van der Waals surface area (Å²) in [7, 11) is 0. The van der Waals surface area contributed by atoms with Crippen LogP contribution in [0.1, 0.15) is 67.7 Å². The van der Waals surface area contributed by atoms with Crippen LogP contribution < -0.4 is 0 Å². The first kappa shape index (κ1) is 28.5. The Labute approximate surface area is 228 Å². The first-order chi connectivity index (χ1) is 18.7. The van der Waals surface area contributed by atoms with Crippen molar-refractivity contribution in [2.75, 3.05) is 6.54 Å². The summed E-state index contributed by atoms with van der Waals surface area (Å²) >= 11 is 0. The molecule has 1 amide bonds. The van der Waals surface area contributed by atoms with Gasteiger partial charge in [-0.25, -0.2) is 13.2 Å². The average molecular weight is 568 g/mol. The number of hydrogen-bond acceptors (Lipinski definition) is 2. The Morgan fingerprint density at radius 1 is 1.00 bits per heavy atom. The van der Waals surface area contributed by atoms with Crippen molar-refractivity contribution in [2.24, 2.45) is 5.92 Å². The molecule has 5 rings (SSSR count). The minimum Gasteiger partial charge on any atom is -0.481 e. The number of carbonyl (C=O) groups is 2. The molecule has 1 saturated heterocycles. The zero-order valence-corrected chi connectivity index (χ0v) is 22.0. The van der Waals surface area contributed by atoms with Crippen molar-refractivity contribution in [2.45, 2.75) is 87.3 Å². The van der Waals surface area contributed by atoms with Gasteiger partial charge in [0.25, 0.3) is 5.91 Å². The minimum atomic E-state index is -5.10. The standard InChI is InChI=1S/C30H31F6NO3/c1-27(32,30(34,35)36)21-5-8-23-20(16-21)4-9-24-28(23,17-18-2-6-22(31)7-3-18)14-15-37(24)26(40)29(33)12-10-19(11-13-29)25(38)39/h2-3,5-8,16,19,24H,4,9-15,17H2,1H3,(H,38,39)/t19-,24-,27?,28-,29+/m1/s1. The molecule has 1 saturated carbocycles. The van der Waals surface area contributed by atoms with Crippen molar-refractivity contribution in [3.8, 4) is 0 Å². The number of fused-ring (bicyclic) bond motifs is 3. The van der Waals surface area contributed by atoms with Gasteiger partial charge in [0.05, 0.1) is 5.92 Å². The van der Waals surface area contributed by atoms with Crippen molar-refractivity contribution < 1.29 is 41.0 Å². The Morgan fingerprint density at radius 3 is 2.25 bits per heavy atom. The maximum Gasteiger partial charge on any atom is 0.426 e. The van der Waals surface area contributed by atoms with Crippen LogP contribution in [0.25, 0.3) is 0 Å². The molecule has 1 heterocycles. The maximum atomic E-state index is 16.0. The highest BCUT2D eigenvalue weighted by molar-refractivity contribution is 5.86. The number of aryl methyl sites for hydroxylation is 1. The Kier molecular flexibility index (Phi) is 6.98. The molecule has 4 nitrogen and oxygen atoms in total. The lowest BCUT2D eigenvalue weighted by molar-refractivity contribution is -0.228. The van der Waals surface area contributed by atoms with Crippen LogP contribution in [0.2, 0.25) is 0 Å². The fourth-order valence-electron chi connectivity index (χ4n) is 7.03. The summed E-state index contributed by atoms with van der Waals surface area (Å²) in [6.07, 6.45) is -4.02. The second-order valence-electron chi connectivity index (χ2n) is 11.7. The summed E-state index contributed by atoms with van der Waals surface area (Å²) in [6.45, 7) is 0.702. The van der Waals surface area contributed by atoms with E-state index in [0.717, 1.165) is 11.6 Å². The number of carbonyl (C=O) groups excluding carboxylic acids is 1. The average Bonchev–Trinajstić information content (AvgIpc) is 3.28. The monoisotopic (exact) mass is 567 g/mol. The van der Waals surface area contributed by atoms with Crippen LogP contribution in [0.15, 0.2) is 42.5 Å². The smallest absolute Gasteiger partial charge is 0.426 e. The van der Waals surface area contributed by atoms with Gasteiger partial charge in [-0.2, -0.15) is 13.2 Å². The molecule has 2 aromatic carbocycles. The Balaban J connectivity index is 1.52. The van der Waals surface area contributed by atoms with Crippen molar-refractivity contribution in [1.82, 2.24) is 4.90 Å². The van der Waals surface area contributed by atoms with Crippen LogP contribution in [-0.4, -0.2) is 46.3 Å². The number of halogens is 6. The van der Waals surface area contributed by atoms with Gasteiger partial charge in [0.15, 0.2) is 5.67 Å². The van der Waals surface area contributed by atoms with Gasteiger partial charge >= 0.3 is 12.1 Å². The molecule has 216 valence electrons. The number of nitrogens with zero attached hydrogens (tertiary/aromatic N) is 1. The van der Waals surface area contributed by atoms with Crippen LogP contribution in [0, 0.1) is 11.7 Å². The van der Waals surface area contributed by atoms with E-state index in [2.05, 4.69) is 0 Å².